The van der Waals surface area contributed by atoms with Crippen molar-refractivity contribution in [3.05, 3.63) is 46.8 Å². The number of amides is 1. The van der Waals surface area contributed by atoms with Gasteiger partial charge in [0.25, 0.3) is 5.91 Å². The maximum atomic E-state index is 12.5. The van der Waals surface area contributed by atoms with Crippen LogP contribution in [0.15, 0.2) is 24.3 Å². The molecule has 1 aromatic heterocycles. The van der Waals surface area contributed by atoms with Crippen LogP contribution >= 0.6 is 0 Å². The van der Waals surface area contributed by atoms with Crippen LogP contribution in [0.5, 0.6) is 0 Å². The van der Waals surface area contributed by atoms with Gasteiger partial charge in [-0.1, -0.05) is 6.07 Å². The smallest absolute Gasteiger partial charge is 0.258 e. The monoisotopic (exact) mass is 282 g/mol. The maximum Gasteiger partial charge on any atom is 0.258 e. The molecule has 0 spiro atoms. The minimum atomic E-state index is -0.152. The van der Waals surface area contributed by atoms with E-state index in [1.807, 2.05) is 38.1 Å². The summed E-state index contributed by atoms with van der Waals surface area (Å²) in [4.78, 5) is 21.0. The second kappa shape index (κ2) is 5.52. The van der Waals surface area contributed by atoms with E-state index in [1.54, 1.807) is 0 Å². The van der Waals surface area contributed by atoms with Gasteiger partial charge in [0.05, 0.1) is 0 Å². The lowest BCUT2D eigenvalue weighted by molar-refractivity contribution is 0.102. The second-order valence-corrected chi connectivity index (χ2v) is 5.29. The van der Waals surface area contributed by atoms with Gasteiger partial charge in [-0.05, 0) is 50.5 Å². The normalized spacial score (nSPS) is 13.2. The summed E-state index contributed by atoms with van der Waals surface area (Å²) < 4.78 is 0. The minimum Gasteiger partial charge on any atom is -0.385 e. The Bertz CT molecular complexity index is 676. The summed E-state index contributed by atoms with van der Waals surface area (Å²) in [6, 6.07) is 7.64. The zero-order valence-corrected chi connectivity index (χ0v) is 12.2. The van der Waals surface area contributed by atoms with Crippen LogP contribution in [-0.4, -0.2) is 22.4 Å². The first-order valence-electron chi connectivity index (χ1n) is 7.13. The molecule has 0 aliphatic carbocycles. The highest BCUT2D eigenvalue weighted by atomic mass is 16.1. The first-order chi connectivity index (χ1) is 10.1. The van der Waals surface area contributed by atoms with Crippen LogP contribution in [0.25, 0.3) is 0 Å². The summed E-state index contributed by atoms with van der Waals surface area (Å²) in [5.74, 6) is 0.208. The number of rotatable bonds is 2. The highest BCUT2D eigenvalue weighted by Crippen LogP contribution is 2.25. The molecule has 0 saturated carbocycles. The predicted molar refractivity (Wildman–Crippen MR) is 82.7 cm³/mol. The van der Waals surface area contributed by atoms with E-state index >= 15 is 0 Å². The molecule has 0 bridgehead atoms. The molecule has 2 N–H and O–H groups in total. The van der Waals surface area contributed by atoms with Gasteiger partial charge < -0.3 is 5.32 Å². The van der Waals surface area contributed by atoms with Gasteiger partial charge in [-0.15, -0.1) is 0 Å². The van der Waals surface area contributed by atoms with E-state index in [-0.39, 0.29) is 5.91 Å². The van der Waals surface area contributed by atoms with Gasteiger partial charge in [-0.2, -0.15) is 0 Å². The van der Waals surface area contributed by atoms with Gasteiger partial charge in [0.1, 0.15) is 0 Å². The Balaban J connectivity index is 1.89. The van der Waals surface area contributed by atoms with E-state index < -0.39 is 0 Å². The van der Waals surface area contributed by atoms with E-state index in [1.165, 1.54) is 0 Å². The molecular formula is C16H18N4O. The van der Waals surface area contributed by atoms with Crippen molar-refractivity contribution in [3.63, 3.8) is 0 Å². The molecule has 2 aromatic rings. The Morgan fingerprint density at radius 1 is 1.24 bits per heavy atom. The maximum absolute atomic E-state index is 12.5. The summed E-state index contributed by atoms with van der Waals surface area (Å²) in [6.07, 6.45) is 1.96. The lowest BCUT2D eigenvalue weighted by atomic mass is 9.97. The molecule has 0 atom stereocenters. The molecule has 5 heteroatoms. The van der Waals surface area contributed by atoms with Crippen molar-refractivity contribution in [2.75, 3.05) is 17.2 Å². The minimum absolute atomic E-state index is 0.152. The van der Waals surface area contributed by atoms with Crippen LogP contribution in [0.2, 0.25) is 0 Å². The third-order valence-corrected chi connectivity index (χ3v) is 3.55. The molecular weight excluding hydrogens is 264 g/mol. The predicted octanol–water partition coefficient (Wildman–Crippen LogP) is 2.70. The number of aryl methyl sites for hydroxylation is 2. The van der Waals surface area contributed by atoms with Crippen LogP contribution in [0.1, 0.15) is 33.7 Å². The molecule has 1 amide bonds. The Labute approximate surface area is 123 Å². The average molecular weight is 282 g/mol. The molecule has 1 aliphatic heterocycles. The van der Waals surface area contributed by atoms with E-state index in [2.05, 4.69) is 20.6 Å². The summed E-state index contributed by atoms with van der Waals surface area (Å²) in [6.45, 7) is 4.73. The first-order valence-corrected chi connectivity index (χ1v) is 7.13. The Morgan fingerprint density at radius 2 is 2.00 bits per heavy atom. The summed E-state index contributed by atoms with van der Waals surface area (Å²) >= 11 is 0. The molecule has 3 rings (SSSR count). The van der Waals surface area contributed by atoms with Gasteiger partial charge >= 0.3 is 0 Å². The highest BCUT2D eigenvalue weighted by molar-refractivity contribution is 6.05. The molecule has 108 valence electrons. The van der Waals surface area contributed by atoms with Crippen LogP contribution < -0.4 is 10.6 Å². The molecule has 21 heavy (non-hydrogen) atoms. The number of carbonyl (C=O) groups excluding carboxylic acids is 1. The molecule has 2 heterocycles. The van der Waals surface area contributed by atoms with Gasteiger partial charge in [0, 0.05) is 29.2 Å². The van der Waals surface area contributed by atoms with Crippen molar-refractivity contribution < 1.29 is 4.79 Å². The number of benzene rings is 1. The van der Waals surface area contributed by atoms with Crippen LogP contribution in [0, 0.1) is 13.8 Å². The van der Waals surface area contributed by atoms with Crippen LogP contribution in [-0.2, 0) is 6.42 Å². The fraction of sp³-hybridized carbons (Fsp3) is 0.312. The lowest BCUT2D eigenvalue weighted by Gasteiger charge is -2.20. The second-order valence-electron chi connectivity index (χ2n) is 5.29. The van der Waals surface area contributed by atoms with E-state index in [9.17, 15) is 4.79 Å². The van der Waals surface area contributed by atoms with Crippen LogP contribution in [0.4, 0.5) is 11.6 Å². The van der Waals surface area contributed by atoms with Crippen molar-refractivity contribution in [2.24, 2.45) is 0 Å². The molecule has 0 saturated heterocycles. The number of aromatic nitrogens is 2. The average Bonchev–Trinajstić information content (AvgIpc) is 2.45. The molecule has 0 fully saturated rings. The van der Waals surface area contributed by atoms with E-state index in [0.717, 1.165) is 42.0 Å². The number of nitrogens with one attached hydrogen (secondary N) is 2. The van der Waals surface area contributed by atoms with E-state index in [4.69, 9.17) is 0 Å². The van der Waals surface area contributed by atoms with Crippen molar-refractivity contribution in [2.45, 2.75) is 26.7 Å². The summed E-state index contributed by atoms with van der Waals surface area (Å²) in [7, 11) is 0. The van der Waals surface area contributed by atoms with Crippen LogP contribution in [0.3, 0.4) is 0 Å². The molecule has 0 unspecified atom stereocenters. The highest BCUT2D eigenvalue weighted by Gasteiger charge is 2.18. The lowest BCUT2D eigenvalue weighted by Crippen LogP contribution is -2.20. The Hall–Kier alpha value is -2.43. The third-order valence-electron chi connectivity index (χ3n) is 3.55. The van der Waals surface area contributed by atoms with Gasteiger partial charge in [-0.3, -0.25) is 10.1 Å². The van der Waals surface area contributed by atoms with E-state index in [0.29, 0.717) is 11.5 Å². The Kier molecular flexibility index (Phi) is 3.56. The molecule has 1 aromatic carbocycles. The van der Waals surface area contributed by atoms with Crippen molar-refractivity contribution in [3.8, 4) is 0 Å². The first kappa shape index (κ1) is 13.5. The molecule has 0 radical (unpaired) electrons. The zero-order valence-electron chi connectivity index (χ0n) is 12.2. The number of fused-ring (bicyclic) bond motifs is 1. The summed E-state index contributed by atoms with van der Waals surface area (Å²) in [5, 5.41) is 6.13. The SMILES string of the molecule is Cc1cc(C)nc(NC(=O)c2cccc3c2CCCN3)n1. The topological polar surface area (TPSA) is 66.9 Å². The number of hydrogen-bond acceptors (Lipinski definition) is 4. The van der Waals surface area contributed by atoms with Crippen molar-refractivity contribution in [1.29, 1.82) is 0 Å². The summed E-state index contributed by atoms with van der Waals surface area (Å²) in [5.41, 5.74) is 4.51. The largest absolute Gasteiger partial charge is 0.385 e. The van der Waals surface area contributed by atoms with Crippen molar-refractivity contribution >= 4 is 17.5 Å². The molecule has 5 nitrogen and oxygen atoms in total. The zero-order chi connectivity index (χ0) is 14.8. The standard InChI is InChI=1S/C16H18N4O/c1-10-9-11(2)19-16(18-10)20-15(21)13-5-3-7-14-12(13)6-4-8-17-14/h3,5,7,9,17H,4,6,8H2,1-2H3,(H,18,19,20,21). The number of hydrogen-bond donors (Lipinski definition) is 2. The van der Waals surface area contributed by atoms with Gasteiger partial charge in [0.2, 0.25) is 5.95 Å². The number of carbonyl (C=O) groups is 1. The van der Waals surface area contributed by atoms with Gasteiger partial charge in [-0.25, -0.2) is 9.97 Å². The Morgan fingerprint density at radius 3 is 2.76 bits per heavy atom. The number of nitrogens with zero attached hydrogens (tertiary/aromatic N) is 2. The van der Waals surface area contributed by atoms with Crippen molar-refractivity contribution in [1.82, 2.24) is 9.97 Å². The fourth-order valence-corrected chi connectivity index (χ4v) is 2.67. The third kappa shape index (κ3) is 2.86. The molecule has 1 aliphatic rings. The fourth-order valence-electron chi connectivity index (χ4n) is 2.67. The number of anilines is 2. The quantitative estimate of drug-likeness (QED) is 0.888. The van der Waals surface area contributed by atoms with Gasteiger partial charge in [0.15, 0.2) is 0 Å².